The van der Waals surface area contributed by atoms with Gasteiger partial charge in [0.05, 0.1) is 16.4 Å². The van der Waals surface area contributed by atoms with Crippen LogP contribution in [-0.4, -0.2) is 34.9 Å². The summed E-state index contributed by atoms with van der Waals surface area (Å²) in [4.78, 5) is 4.40. The van der Waals surface area contributed by atoms with Gasteiger partial charge in [-0.05, 0) is 60.7 Å². The van der Waals surface area contributed by atoms with Crippen molar-refractivity contribution in [1.29, 1.82) is 0 Å². The summed E-state index contributed by atoms with van der Waals surface area (Å²) in [6.07, 6.45) is 2.35. The van der Waals surface area contributed by atoms with Crippen molar-refractivity contribution < 1.29 is 16.8 Å². The summed E-state index contributed by atoms with van der Waals surface area (Å²) in [7, 11) is -7.75. The third-order valence-electron chi connectivity index (χ3n) is 6.02. The normalized spacial score (nSPS) is 15.7. The maximum absolute atomic E-state index is 13.2. The van der Waals surface area contributed by atoms with E-state index >= 15 is 0 Å². The summed E-state index contributed by atoms with van der Waals surface area (Å²) in [6, 6.07) is 19.1. The highest BCUT2D eigenvalue weighted by Gasteiger charge is 2.27. The fourth-order valence-electron chi connectivity index (χ4n) is 4.24. The van der Waals surface area contributed by atoms with Crippen LogP contribution in [0, 0.1) is 6.92 Å². The minimum atomic E-state index is -4.06. The van der Waals surface area contributed by atoms with Crippen LogP contribution in [0.15, 0.2) is 77.8 Å². The summed E-state index contributed by atoms with van der Waals surface area (Å²) in [5, 5.41) is 1.92. The quantitative estimate of drug-likeness (QED) is 0.380. The van der Waals surface area contributed by atoms with E-state index < -0.39 is 20.2 Å². The van der Waals surface area contributed by atoms with E-state index in [0.29, 0.717) is 24.3 Å². The summed E-state index contributed by atoms with van der Waals surface area (Å²) >= 11 is 6.34. The van der Waals surface area contributed by atoms with Gasteiger partial charge in [0.15, 0.2) is 0 Å². The molecule has 2 N–H and O–H groups in total. The lowest BCUT2D eigenvalue weighted by molar-refractivity contribution is 0.560. The molecule has 3 aromatic carbocycles. The van der Waals surface area contributed by atoms with Gasteiger partial charge in [0.25, 0.3) is 10.0 Å². The van der Waals surface area contributed by atoms with Crippen LogP contribution in [0.4, 0.5) is 11.4 Å². The van der Waals surface area contributed by atoms with Crippen molar-refractivity contribution in [3.8, 4) is 11.3 Å². The van der Waals surface area contributed by atoms with Crippen LogP contribution < -0.4 is 13.7 Å². The lowest BCUT2D eigenvalue weighted by Crippen LogP contribution is -2.47. The fourth-order valence-corrected chi connectivity index (χ4v) is 7.15. The second-order valence-electron chi connectivity index (χ2n) is 8.46. The van der Waals surface area contributed by atoms with Gasteiger partial charge in [-0.3, -0.25) is 14.0 Å². The summed E-state index contributed by atoms with van der Waals surface area (Å²) in [5.41, 5.74) is 3.15. The molecule has 5 rings (SSSR count). The van der Waals surface area contributed by atoms with Gasteiger partial charge in [-0.15, -0.1) is 0 Å². The first-order valence-electron chi connectivity index (χ1n) is 11.2. The average Bonchev–Trinajstić information content (AvgIpc) is 2.84. The monoisotopic (exact) mass is 542 g/mol. The van der Waals surface area contributed by atoms with Gasteiger partial charge in [0, 0.05) is 35.9 Å². The Hall–Kier alpha value is -3.18. The van der Waals surface area contributed by atoms with E-state index in [-0.39, 0.29) is 16.5 Å². The van der Waals surface area contributed by atoms with E-state index in [9.17, 15) is 16.8 Å². The maximum atomic E-state index is 13.2. The van der Waals surface area contributed by atoms with Gasteiger partial charge in [-0.25, -0.2) is 8.42 Å². The molecular weight excluding hydrogens is 520 g/mol. The molecule has 0 radical (unpaired) electrons. The lowest BCUT2D eigenvalue weighted by Gasteiger charge is -2.28. The van der Waals surface area contributed by atoms with Crippen LogP contribution >= 0.6 is 11.6 Å². The fraction of sp³-hybridized carbons (Fsp3) is 0.160. The molecule has 2 heterocycles. The van der Waals surface area contributed by atoms with Crippen LogP contribution in [0.1, 0.15) is 12.0 Å². The minimum absolute atomic E-state index is 0.0798. The standard InChI is InChI=1S/C25H23ClN4O4S2/c1-17-7-8-19(15-22(17)25-21-6-3-2-5-18(21)11-13-27-25)29-35(31,32)24-10-9-20(16-23(24)26)30-14-4-12-28-36(30,33)34/h2-3,5-11,13,15-16,28-29H,4,12,14H2,1H3. The second-order valence-corrected chi connectivity index (χ2v) is 12.2. The van der Waals surface area contributed by atoms with E-state index in [1.165, 1.54) is 22.5 Å². The molecule has 0 atom stereocenters. The van der Waals surface area contributed by atoms with E-state index in [4.69, 9.17) is 11.6 Å². The maximum Gasteiger partial charge on any atom is 0.301 e. The van der Waals surface area contributed by atoms with Gasteiger partial charge in [-0.1, -0.05) is 41.9 Å². The average molecular weight is 543 g/mol. The number of hydrogen-bond acceptors (Lipinski definition) is 5. The number of fused-ring (bicyclic) bond motifs is 1. The highest BCUT2D eigenvalue weighted by Crippen LogP contribution is 2.33. The first-order chi connectivity index (χ1) is 17.2. The number of pyridine rings is 1. The number of hydrogen-bond donors (Lipinski definition) is 2. The SMILES string of the molecule is Cc1ccc(NS(=O)(=O)c2ccc(N3CCCNS3(=O)=O)cc2Cl)cc1-c1nccc2ccccc12. The highest BCUT2D eigenvalue weighted by atomic mass is 35.5. The smallest absolute Gasteiger partial charge is 0.280 e. The van der Waals surface area contributed by atoms with E-state index in [2.05, 4.69) is 14.4 Å². The zero-order valence-corrected chi connectivity index (χ0v) is 21.7. The molecule has 4 aromatic rings. The van der Waals surface area contributed by atoms with Crippen molar-refractivity contribution in [2.75, 3.05) is 22.1 Å². The number of aromatic nitrogens is 1. The zero-order valence-electron chi connectivity index (χ0n) is 19.3. The van der Waals surface area contributed by atoms with Crippen molar-refractivity contribution in [2.45, 2.75) is 18.2 Å². The molecule has 0 aliphatic carbocycles. The number of halogens is 1. The van der Waals surface area contributed by atoms with Crippen molar-refractivity contribution in [2.24, 2.45) is 0 Å². The lowest BCUT2D eigenvalue weighted by atomic mass is 10.00. The van der Waals surface area contributed by atoms with Gasteiger partial charge >= 0.3 is 10.2 Å². The third-order valence-corrected chi connectivity index (χ3v) is 9.43. The Morgan fingerprint density at radius 1 is 1.06 bits per heavy atom. The van der Waals surface area contributed by atoms with Crippen molar-refractivity contribution in [1.82, 2.24) is 9.71 Å². The second kappa shape index (κ2) is 9.36. The van der Waals surface area contributed by atoms with Crippen molar-refractivity contribution in [3.63, 3.8) is 0 Å². The molecular formula is C25H23ClN4O4S2. The van der Waals surface area contributed by atoms with E-state index in [1.807, 2.05) is 43.3 Å². The first-order valence-corrected chi connectivity index (χ1v) is 14.5. The van der Waals surface area contributed by atoms with Crippen LogP contribution in [0.5, 0.6) is 0 Å². The molecule has 1 aliphatic rings. The number of anilines is 2. The number of nitrogens with zero attached hydrogens (tertiary/aromatic N) is 2. The Morgan fingerprint density at radius 3 is 2.64 bits per heavy atom. The summed E-state index contributed by atoms with van der Waals surface area (Å²) in [6.45, 7) is 2.58. The van der Waals surface area contributed by atoms with Gasteiger partial charge in [0.2, 0.25) is 0 Å². The number of benzene rings is 3. The molecule has 0 saturated carbocycles. The highest BCUT2D eigenvalue weighted by molar-refractivity contribution is 7.93. The Bertz CT molecular complexity index is 1690. The zero-order chi connectivity index (χ0) is 25.5. The summed E-state index contributed by atoms with van der Waals surface area (Å²) in [5.74, 6) is 0. The minimum Gasteiger partial charge on any atom is -0.280 e. The molecule has 0 unspecified atom stereocenters. The molecule has 0 amide bonds. The predicted octanol–water partition coefficient (Wildman–Crippen LogP) is 4.71. The molecule has 1 fully saturated rings. The van der Waals surface area contributed by atoms with Crippen molar-refractivity contribution in [3.05, 3.63) is 83.5 Å². The molecule has 1 saturated heterocycles. The third kappa shape index (κ3) is 4.64. The van der Waals surface area contributed by atoms with Crippen LogP contribution in [-0.2, 0) is 20.2 Å². The molecule has 11 heteroatoms. The topological polar surface area (TPSA) is 108 Å². The summed E-state index contributed by atoms with van der Waals surface area (Å²) < 4.78 is 57.3. The predicted molar refractivity (Wildman–Crippen MR) is 143 cm³/mol. The van der Waals surface area contributed by atoms with Gasteiger partial charge in [0.1, 0.15) is 4.90 Å². The molecule has 186 valence electrons. The number of aryl methyl sites for hydroxylation is 1. The molecule has 8 nitrogen and oxygen atoms in total. The Kier molecular flexibility index (Phi) is 6.37. The number of rotatable bonds is 5. The molecule has 1 aliphatic heterocycles. The van der Waals surface area contributed by atoms with Crippen LogP contribution in [0.3, 0.4) is 0 Å². The molecule has 36 heavy (non-hydrogen) atoms. The Balaban J connectivity index is 1.48. The Labute approximate surface area is 215 Å². The van der Waals surface area contributed by atoms with Crippen LogP contribution in [0.25, 0.3) is 22.0 Å². The molecule has 0 spiro atoms. The van der Waals surface area contributed by atoms with Gasteiger partial charge < -0.3 is 0 Å². The largest absolute Gasteiger partial charge is 0.301 e. The molecule has 1 aromatic heterocycles. The van der Waals surface area contributed by atoms with E-state index in [0.717, 1.165) is 27.6 Å². The first kappa shape index (κ1) is 24.5. The van der Waals surface area contributed by atoms with Crippen LogP contribution in [0.2, 0.25) is 5.02 Å². The van der Waals surface area contributed by atoms with Crippen molar-refractivity contribution >= 4 is 54.0 Å². The number of nitrogens with one attached hydrogen (secondary N) is 2. The van der Waals surface area contributed by atoms with E-state index in [1.54, 1.807) is 18.3 Å². The van der Waals surface area contributed by atoms with Gasteiger partial charge in [-0.2, -0.15) is 13.1 Å². The molecule has 0 bridgehead atoms. The Morgan fingerprint density at radius 2 is 1.86 bits per heavy atom. The number of sulfonamides is 1.